The van der Waals surface area contributed by atoms with Gasteiger partial charge < -0.3 is 19.9 Å². The van der Waals surface area contributed by atoms with Crippen molar-refractivity contribution in [1.82, 2.24) is 24.9 Å². The molecular weight excluding hydrogens is 486 g/mol. The van der Waals surface area contributed by atoms with Gasteiger partial charge in [0, 0.05) is 71.5 Å². The molecule has 0 bridgehead atoms. The Morgan fingerprint density at radius 3 is 2.59 bits per heavy atom. The van der Waals surface area contributed by atoms with Gasteiger partial charge in [0.2, 0.25) is 5.91 Å². The molecule has 0 aliphatic carbocycles. The molecule has 8 nitrogen and oxygen atoms in total. The van der Waals surface area contributed by atoms with Crippen LogP contribution in [-0.2, 0) is 16.1 Å². The molecule has 4 heterocycles. The van der Waals surface area contributed by atoms with E-state index in [1.54, 1.807) is 0 Å². The number of benzene rings is 1. The van der Waals surface area contributed by atoms with Crippen LogP contribution in [0.5, 0.6) is 0 Å². The van der Waals surface area contributed by atoms with Gasteiger partial charge in [-0.3, -0.25) is 19.4 Å². The van der Waals surface area contributed by atoms with E-state index in [0.717, 1.165) is 59.0 Å². The number of likely N-dealkylation sites (tertiary alicyclic amines) is 1. The average Bonchev–Trinajstić information content (AvgIpc) is 3.63. The summed E-state index contributed by atoms with van der Waals surface area (Å²) in [6, 6.07) is 12.0. The van der Waals surface area contributed by atoms with Crippen LogP contribution in [0.4, 0.5) is 0 Å². The zero-order valence-electron chi connectivity index (χ0n) is 21.8. The van der Waals surface area contributed by atoms with Crippen molar-refractivity contribution >= 4 is 23.2 Å². The molecule has 2 amide bonds. The van der Waals surface area contributed by atoms with Gasteiger partial charge in [0.05, 0.1) is 18.1 Å². The van der Waals surface area contributed by atoms with Crippen molar-refractivity contribution in [2.45, 2.75) is 32.0 Å². The number of thiophene rings is 1. The number of hydrogen-bond donors (Lipinski definition) is 1. The standard InChI is InChI=1S/C28H39N5O3S/c1-22-5-2-3-6-23(22)20-32(13-12-30-14-16-36-17-15-30)24-19-25(27(34)31-10-8-29-9-11-31)33(21-24)28(35)26-7-4-18-37-26/h2-7,18,24-25,29H,8-17,19-21H2,1H3. The Bertz CT molecular complexity index is 1040. The third-order valence-corrected chi connectivity index (χ3v) is 8.80. The number of aryl methyl sites for hydroxylation is 1. The van der Waals surface area contributed by atoms with Crippen molar-refractivity contribution in [3.63, 3.8) is 0 Å². The lowest BCUT2D eigenvalue weighted by Gasteiger charge is -2.33. The third-order valence-electron chi connectivity index (χ3n) is 7.94. The lowest BCUT2D eigenvalue weighted by Crippen LogP contribution is -2.53. The van der Waals surface area contributed by atoms with E-state index in [9.17, 15) is 9.59 Å². The highest BCUT2D eigenvalue weighted by Gasteiger charge is 2.44. The minimum absolute atomic E-state index is 0.0185. The lowest BCUT2D eigenvalue weighted by molar-refractivity contribution is -0.135. The topological polar surface area (TPSA) is 68.4 Å². The smallest absolute Gasteiger partial charge is 0.264 e. The summed E-state index contributed by atoms with van der Waals surface area (Å²) in [5, 5.41) is 5.26. The number of ether oxygens (including phenoxy) is 1. The predicted octanol–water partition coefficient (Wildman–Crippen LogP) is 1.91. The number of rotatable bonds is 8. The Kier molecular flexibility index (Phi) is 8.89. The van der Waals surface area contributed by atoms with Gasteiger partial charge in [-0.15, -0.1) is 11.3 Å². The molecule has 37 heavy (non-hydrogen) atoms. The SMILES string of the molecule is Cc1ccccc1CN(CCN1CCOCC1)C1CC(C(=O)N2CCNCC2)N(C(=O)c2cccs2)C1. The van der Waals surface area contributed by atoms with Gasteiger partial charge in [0.1, 0.15) is 6.04 Å². The number of nitrogens with one attached hydrogen (secondary N) is 1. The summed E-state index contributed by atoms with van der Waals surface area (Å²) in [5.74, 6) is 0.0768. The van der Waals surface area contributed by atoms with Gasteiger partial charge in [-0.2, -0.15) is 0 Å². The second-order valence-electron chi connectivity index (χ2n) is 10.3. The van der Waals surface area contributed by atoms with Gasteiger partial charge in [-0.05, 0) is 35.9 Å². The summed E-state index contributed by atoms with van der Waals surface area (Å²) in [4.78, 5) is 36.8. The van der Waals surface area contributed by atoms with Crippen LogP contribution in [0.3, 0.4) is 0 Å². The van der Waals surface area contributed by atoms with Gasteiger partial charge in [0.25, 0.3) is 5.91 Å². The molecule has 2 aromatic rings. The summed E-state index contributed by atoms with van der Waals surface area (Å²) in [5.41, 5.74) is 2.58. The van der Waals surface area contributed by atoms with Crippen molar-refractivity contribution in [1.29, 1.82) is 0 Å². The van der Waals surface area contributed by atoms with Crippen LogP contribution in [0.15, 0.2) is 41.8 Å². The van der Waals surface area contributed by atoms with E-state index in [4.69, 9.17) is 4.74 Å². The second kappa shape index (κ2) is 12.5. The Balaban J connectivity index is 1.37. The molecule has 1 aromatic carbocycles. The minimum Gasteiger partial charge on any atom is -0.379 e. The molecule has 3 aliphatic rings. The average molecular weight is 526 g/mol. The predicted molar refractivity (Wildman–Crippen MR) is 146 cm³/mol. The molecule has 2 atom stereocenters. The van der Waals surface area contributed by atoms with Crippen molar-refractivity contribution in [2.24, 2.45) is 0 Å². The first kappa shape index (κ1) is 26.3. The van der Waals surface area contributed by atoms with Gasteiger partial charge in [-0.25, -0.2) is 0 Å². The van der Waals surface area contributed by atoms with E-state index < -0.39 is 6.04 Å². The van der Waals surface area contributed by atoms with Crippen molar-refractivity contribution < 1.29 is 14.3 Å². The number of morpholine rings is 1. The quantitative estimate of drug-likeness (QED) is 0.568. The summed E-state index contributed by atoms with van der Waals surface area (Å²) >= 11 is 1.45. The molecule has 3 fully saturated rings. The highest BCUT2D eigenvalue weighted by atomic mass is 32.1. The molecule has 5 rings (SSSR count). The van der Waals surface area contributed by atoms with Crippen LogP contribution in [0.25, 0.3) is 0 Å². The summed E-state index contributed by atoms with van der Waals surface area (Å²) in [6.45, 7) is 11.9. The van der Waals surface area contributed by atoms with Crippen molar-refractivity contribution in [3.05, 3.63) is 57.8 Å². The van der Waals surface area contributed by atoms with Crippen LogP contribution >= 0.6 is 11.3 Å². The van der Waals surface area contributed by atoms with E-state index in [0.29, 0.717) is 30.9 Å². The summed E-state index contributed by atoms with van der Waals surface area (Å²) < 4.78 is 5.55. The Hall–Kier alpha value is -2.30. The molecule has 0 saturated carbocycles. The fraction of sp³-hybridized carbons (Fsp3) is 0.571. The van der Waals surface area contributed by atoms with Crippen molar-refractivity contribution in [2.75, 3.05) is 72.1 Å². The maximum Gasteiger partial charge on any atom is 0.264 e. The molecule has 3 aliphatic heterocycles. The number of piperazine rings is 1. The molecule has 0 radical (unpaired) electrons. The molecule has 1 aromatic heterocycles. The lowest BCUT2D eigenvalue weighted by atomic mass is 10.1. The summed E-state index contributed by atoms with van der Waals surface area (Å²) in [7, 11) is 0. The highest BCUT2D eigenvalue weighted by molar-refractivity contribution is 7.12. The molecular formula is C28H39N5O3S. The van der Waals surface area contributed by atoms with Gasteiger partial charge >= 0.3 is 0 Å². The molecule has 1 N–H and O–H groups in total. The third kappa shape index (κ3) is 6.41. The van der Waals surface area contributed by atoms with E-state index in [2.05, 4.69) is 46.3 Å². The highest BCUT2D eigenvalue weighted by Crippen LogP contribution is 2.28. The van der Waals surface area contributed by atoms with Crippen LogP contribution in [0.1, 0.15) is 27.2 Å². The first-order chi connectivity index (χ1) is 18.1. The number of carbonyl (C=O) groups excluding carboxylic acids is 2. The minimum atomic E-state index is -0.416. The largest absolute Gasteiger partial charge is 0.379 e. The van der Waals surface area contributed by atoms with Crippen LogP contribution in [0.2, 0.25) is 0 Å². The van der Waals surface area contributed by atoms with Gasteiger partial charge in [0.15, 0.2) is 0 Å². The molecule has 3 saturated heterocycles. The van der Waals surface area contributed by atoms with E-state index in [1.165, 1.54) is 22.5 Å². The van der Waals surface area contributed by atoms with Crippen LogP contribution in [-0.4, -0.2) is 116 Å². The zero-order valence-corrected chi connectivity index (χ0v) is 22.6. The van der Waals surface area contributed by atoms with Crippen LogP contribution in [0, 0.1) is 6.92 Å². The maximum atomic E-state index is 13.7. The maximum absolute atomic E-state index is 13.7. The van der Waals surface area contributed by atoms with E-state index >= 15 is 0 Å². The summed E-state index contributed by atoms with van der Waals surface area (Å²) in [6.07, 6.45) is 0.675. The fourth-order valence-corrected chi connectivity index (χ4v) is 6.35. The normalized spacial score (nSPS) is 23.1. The Morgan fingerprint density at radius 1 is 1.08 bits per heavy atom. The molecule has 2 unspecified atom stereocenters. The monoisotopic (exact) mass is 525 g/mol. The van der Waals surface area contributed by atoms with Gasteiger partial charge in [-0.1, -0.05) is 30.3 Å². The van der Waals surface area contributed by atoms with E-state index in [-0.39, 0.29) is 17.9 Å². The molecule has 0 spiro atoms. The zero-order chi connectivity index (χ0) is 25.6. The molecule has 200 valence electrons. The second-order valence-corrected chi connectivity index (χ2v) is 11.2. The van der Waals surface area contributed by atoms with E-state index in [1.807, 2.05) is 27.3 Å². The Morgan fingerprint density at radius 2 is 1.86 bits per heavy atom. The van der Waals surface area contributed by atoms with Crippen LogP contribution < -0.4 is 5.32 Å². The number of carbonyl (C=O) groups is 2. The molecule has 9 heteroatoms. The number of hydrogen-bond acceptors (Lipinski definition) is 7. The Labute approximate surface area is 224 Å². The first-order valence-electron chi connectivity index (χ1n) is 13.5. The number of nitrogens with zero attached hydrogens (tertiary/aromatic N) is 4. The van der Waals surface area contributed by atoms with Crippen molar-refractivity contribution in [3.8, 4) is 0 Å². The fourth-order valence-electron chi connectivity index (χ4n) is 5.67. The number of amides is 2. The first-order valence-corrected chi connectivity index (χ1v) is 14.4.